The Hall–Kier alpha value is -2.40. The number of hydrogen-bond acceptors (Lipinski definition) is 7. The van der Waals surface area contributed by atoms with Crippen LogP contribution in [0.2, 0.25) is 0 Å². The standard InChI is InChI=1S/C16H14N4O4S2/c21-16(19-22)12-8-17-13-9-20(6-5-11(13)18-12)26(23,24)15-7-10-3-1-2-4-14(10)25-15/h1-4,7-8,22H,5-6,9H2,(H,19,21). The lowest BCUT2D eigenvalue weighted by Crippen LogP contribution is -2.37. The zero-order chi connectivity index (χ0) is 18.3. The second-order valence-electron chi connectivity index (χ2n) is 5.78. The number of hydrogen-bond donors (Lipinski definition) is 2. The molecule has 2 aromatic heterocycles. The first-order chi connectivity index (χ1) is 12.5. The zero-order valence-corrected chi connectivity index (χ0v) is 15.0. The summed E-state index contributed by atoms with van der Waals surface area (Å²) in [6.45, 7) is 0.350. The van der Waals surface area contributed by atoms with Gasteiger partial charge in [0.05, 0.1) is 24.1 Å². The van der Waals surface area contributed by atoms with Crippen molar-refractivity contribution < 1.29 is 18.4 Å². The number of carbonyl (C=O) groups excluding carboxylic acids is 1. The third kappa shape index (κ3) is 2.86. The van der Waals surface area contributed by atoms with E-state index in [1.807, 2.05) is 24.3 Å². The van der Waals surface area contributed by atoms with Crippen LogP contribution in [0.1, 0.15) is 21.9 Å². The molecule has 1 aromatic carbocycles. The summed E-state index contributed by atoms with van der Waals surface area (Å²) in [5.41, 5.74) is 2.58. The van der Waals surface area contributed by atoms with Gasteiger partial charge in [-0.3, -0.25) is 15.0 Å². The maximum absolute atomic E-state index is 13.0. The van der Waals surface area contributed by atoms with E-state index < -0.39 is 15.9 Å². The second-order valence-corrected chi connectivity index (χ2v) is 9.03. The Kier molecular flexibility index (Phi) is 4.19. The average Bonchev–Trinajstić information content (AvgIpc) is 3.11. The number of thiophene rings is 1. The fraction of sp³-hybridized carbons (Fsp3) is 0.188. The minimum Gasteiger partial charge on any atom is -0.288 e. The van der Waals surface area contributed by atoms with Crippen molar-refractivity contribution in [2.24, 2.45) is 0 Å². The van der Waals surface area contributed by atoms with Crippen molar-refractivity contribution in [3.8, 4) is 0 Å². The monoisotopic (exact) mass is 390 g/mol. The summed E-state index contributed by atoms with van der Waals surface area (Å²) in [6, 6.07) is 9.21. The Morgan fingerprint density at radius 2 is 2.08 bits per heavy atom. The van der Waals surface area contributed by atoms with Crippen molar-refractivity contribution in [2.75, 3.05) is 6.54 Å². The largest absolute Gasteiger partial charge is 0.294 e. The van der Waals surface area contributed by atoms with E-state index in [1.54, 1.807) is 6.07 Å². The molecule has 0 fully saturated rings. The number of sulfonamides is 1. The maximum Gasteiger partial charge on any atom is 0.294 e. The zero-order valence-electron chi connectivity index (χ0n) is 13.4. The van der Waals surface area contributed by atoms with E-state index in [9.17, 15) is 13.2 Å². The number of benzene rings is 1. The lowest BCUT2D eigenvalue weighted by molar-refractivity contribution is 0.0699. The number of aromatic nitrogens is 2. The van der Waals surface area contributed by atoms with Gasteiger partial charge in [0.1, 0.15) is 9.90 Å². The summed E-state index contributed by atoms with van der Waals surface area (Å²) in [6.07, 6.45) is 1.57. The Morgan fingerprint density at radius 3 is 2.85 bits per heavy atom. The third-order valence-corrected chi connectivity index (χ3v) is 7.60. The van der Waals surface area contributed by atoms with Crippen LogP contribution in [-0.4, -0.2) is 40.4 Å². The normalized spacial score (nSPS) is 15.0. The lowest BCUT2D eigenvalue weighted by atomic mass is 10.1. The van der Waals surface area contributed by atoms with Crippen LogP contribution in [0.15, 0.2) is 40.7 Å². The third-order valence-electron chi connectivity index (χ3n) is 4.19. The molecule has 1 amide bonds. The number of rotatable bonds is 3. The predicted molar refractivity (Wildman–Crippen MR) is 94.4 cm³/mol. The van der Waals surface area contributed by atoms with Crippen LogP contribution in [0.5, 0.6) is 0 Å². The molecule has 3 aromatic rings. The van der Waals surface area contributed by atoms with Crippen molar-refractivity contribution in [1.29, 1.82) is 0 Å². The molecule has 0 radical (unpaired) electrons. The van der Waals surface area contributed by atoms with Crippen molar-refractivity contribution in [1.82, 2.24) is 19.8 Å². The predicted octanol–water partition coefficient (Wildman–Crippen LogP) is 1.56. The topological polar surface area (TPSA) is 112 Å². The highest BCUT2D eigenvalue weighted by molar-refractivity contribution is 7.91. The molecular weight excluding hydrogens is 376 g/mol. The van der Waals surface area contributed by atoms with Gasteiger partial charge in [-0.1, -0.05) is 18.2 Å². The van der Waals surface area contributed by atoms with Crippen LogP contribution in [0.4, 0.5) is 0 Å². The summed E-state index contributed by atoms with van der Waals surface area (Å²) in [5, 5.41) is 9.57. The number of hydroxylamine groups is 1. The molecule has 1 aliphatic rings. The van der Waals surface area contributed by atoms with E-state index in [0.717, 1.165) is 10.1 Å². The molecule has 0 saturated carbocycles. The summed E-state index contributed by atoms with van der Waals surface area (Å²) < 4.78 is 28.6. The van der Waals surface area contributed by atoms with Crippen molar-refractivity contribution >= 4 is 37.4 Å². The quantitative estimate of drug-likeness (QED) is 0.518. The molecule has 10 heteroatoms. The molecule has 8 nitrogen and oxygen atoms in total. The molecule has 3 heterocycles. The van der Waals surface area contributed by atoms with Gasteiger partial charge in [0.25, 0.3) is 15.9 Å². The summed E-state index contributed by atoms with van der Waals surface area (Å²) in [4.78, 5) is 19.7. The molecule has 0 spiro atoms. The molecule has 2 N–H and O–H groups in total. The smallest absolute Gasteiger partial charge is 0.288 e. The first-order valence-electron chi connectivity index (χ1n) is 7.77. The minimum absolute atomic E-state index is 0.00735. The van der Waals surface area contributed by atoms with E-state index in [-0.39, 0.29) is 18.8 Å². The summed E-state index contributed by atoms with van der Waals surface area (Å²) in [7, 11) is -3.63. The molecule has 4 rings (SSSR count). The van der Waals surface area contributed by atoms with Gasteiger partial charge in [0, 0.05) is 17.7 Å². The second kappa shape index (κ2) is 6.40. The molecule has 0 aliphatic carbocycles. The maximum atomic E-state index is 13.0. The SMILES string of the molecule is O=C(NO)c1cnc2c(n1)CCN(S(=O)(=O)c1cc3ccccc3s1)C2. The molecule has 0 bridgehead atoms. The molecular formula is C16H14N4O4S2. The van der Waals surface area contributed by atoms with E-state index in [2.05, 4.69) is 9.97 Å². The van der Waals surface area contributed by atoms with Crippen LogP contribution in [0.25, 0.3) is 10.1 Å². The Labute approximate surface area is 153 Å². The van der Waals surface area contributed by atoms with Crippen molar-refractivity contribution in [3.63, 3.8) is 0 Å². The molecule has 0 atom stereocenters. The van der Waals surface area contributed by atoms with E-state index in [4.69, 9.17) is 5.21 Å². The number of amides is 1. The van der Waals surface area contributed by atoms with Gasteiger partial charge in [0.15, 0.2) is 0 Å². The summed E-state index contributed by atoms with van der Waals surface area (Å²) >= 11 is 1.24. The van der Waals surface area contributed by atoms with E-state index >= 15 is 0 Å². The van der Waals surface area contributed by atoms with Gasteiger partial charge in [-0.2, -0.15) is 4.31 Å². The van der Waals surface area contributed by atoms with Gasteiger partial charge in [-0.05, 0) is 17.5 Å². The Bertz CT molecular complexity index is 1080. The molecule has 134 valence electrons. The van der Waals surface area contributed by atoms with Gasteiger partial charge >= 0.3 is 0 Å². The number of nitrogens with one attached hydrogen (secondary N) is 1. The number of nitrogens with zero attached hydrogens (tertiary/aromatic N) is 3. The van der Waals surface area contributed by atoms with Gasteiger partial charge in [-0.25, -0.2) is 18.9 Å². The summed E-state index contributed by atoms with van der Waals surface area (Å²) in [5.74, 6) is -0.749. The highest BCUT2D eigenvalue weighted by Gasteiger charge is 2.31. The van der Waals surface area contributed by atoms with Crippen LogP contribution >= 0.6 is 11.3 Å². The lowest BCUT2D eigenvalue weighted by Gasteiger charge is -2.26. The molecule has 1 aliphatic heterocycles. The van der Waals surface area contributed by atoms with Gasteiger partial charge < -0.3 is 0 Å². The van der Waals surface area contributed by atoms with Crippen molar-refractivity contribution in [3.05, 3.63) is 53.6 Å². The van der Waals surface area contributed by atoms with Gasteiger partial charge in [-0.15, -0.1) is 11.3 Å². The van der Waals surface area contributed by atoms with Crippen LogP contribution in [0, 0.1) is 0 Å². The molecule has 0 unspecified atom stereocenters. The Balaban J connectivity index is 1.64. The van der Waals surface area contributed by atoms with E-state index in [0.29, 0.717) is 22.0 Å². The average molecular weight is 390 g/mol. The first-order valence-corrected chi connectivity index (χ1v) is 10.0. The number of carbonyl (C=O) groups is 1. The Morgan fingerprint density at radius 1 is 1.27 bits per heavy atom. The highest BCUT2D eigenvalue weighted by Crippen LogP contribution is 2.32. The minimum atomic E-state index is -3.63. The van der Waals surface area contributed by atoms with Crippen LogP contribution in [-0.2, 0) is 23.0 Å². The molecule has 0 saturated heterocycles. The van der Waals surface area contributed by atoms with Crippen LogP contribution < -0.4 is 5.48 Å². The van der Waals surface area contributed by atoms with Crippen LogP contribution in [0.3, 0.4) is 0 Å². The highest BCUT2D eigenvalue weighted by atomic mass is 32.2. The van der Waals surface area contributed by atoms with E-state index in [1.165, 1.54) is 27.3 Å². The van der Waals surface area contributed by atoms with Crippen molar-refractivity contribution in [2.45, 2.75) is 17.2 Å². The first kappa shape index (κ1) is 17.0. The fourth-order valence-corrected chi connectivity index (χ4v) is 5.80. The van der Waals surface area contributed by atoms with Gasteiger partial charge in [0.2, 0.25) is 0 Å². The fourth-order valence-electron chi connectivity index (χ4n) is 2.85. The number of fused-ring (bicyclic) bond motifs is 2. The molecule has 26 heavy (non-hydrogen) atoms.